The fourth-order valence-electron chi connectivity index (χ4n) is 4.27. The number of amides is 2. The minimum absolute atomic E-state index is 0.0222. The summed E-state index contributed by atoms with van der Waals surface area (Å²) in [5, 5.41) is 11.2. The van der Waals surface area contributed by atoms with Crippen LogP contribution in [0.1, 0.15) is 46.1 Å². The molecule has 1 atom stereocenters. The zero-order valence-corrected chi connectivity index (χ0v) is 17.6. The number of carbonyl (C=O) groups excluding carboxylic acids is 2. The predicted octanol–water partition coefficient (Wildman–Crippen LogP) is 1.76. The summed E-state index contributed by atoms with van der Waals surface area (Å²) in [6.45, 7) is 1.48. The number of H-pyrrole nitrogens is 1. The third kappa shape index (κ3) is 4.11. The van der Waals surface area contributed by atoms with E-state index in [1.165, 1.54) is 0 Å². The molecule has 0 radical (unpaired) electrons. The number of nitrogens with zero attached hydrogens (tertiary/aromatic N) is 5. The summed E-state index contributed by atoms with van der Waals surface area (Å²) < 4.78 is 1.76. The standard InChI is InChI=1S/C21H22N6O2.CH2O2/c1-25-10-15(9-24-25)17-11-26(12-18-20(17)23-13-22-18)21(29)14-4-2-5-16(8-14)27-7-3-6-19(27)28;2-1-3/h2,4-5,8-10,13,17H,3,6-7,11-12H2,1H3,(H,22,23);1H,(H,2,3). The number of aromatic nitrogens is 4. The summed E-state index contributed by atoms with van der Waals surface area (Å²) in [4.78, 5) is 45.0. The molecule has 3 aromatic rings. The van der Waals surface area contributed by atoms with Crippen molar-refractivity contribution in [3.05, 3.63) is 65.5 Å². The molecule has 4 heterocycles. The maximum atomic E-state index is 13.3. The molecular weight excluding hydrogens is 412 g/mol. The SMILES string of the molecule is Cn1cc(C2CN(C(=O)c3cccc(N4CCCC4=O)c3)Cc3[nH]cnc32)cn1.O=CO. The second kappa shape index (κ2) is 9.04. The Kier molecular flexibility index (Phi) is 6.02. The molecule has 0 aliphatic carbocycles. The number of aryl methyl sites for hydroxylation is 1. The van der Waals surface area contributed by atoms with Crippen LogP contribution in [0.15, 0.2) is 43.0 Å². The zero-order valence-electron chi connectivity index (χ0n) is 17.6. The van der Waals surface area contributed by atoms with E-state index in [9.17, 15) is 9.59 Å². The number of carbonyl (C=O) groups is 3. The van der Waals surface area contributed by atoms with Gasteiger partial charge in [-0.1, -0.05) is 6.07 Å². The predicted molar refractivity (Wildman–Crippen MR) is 115 cm³/mol. The van der Waals surface area contributed by atoms with Gasteiger partial charge in [0.1, 0.15) is 0 Å². The van der Waals surface area contributed by atoms with Gasteiger partial charge in [-0.25, -0.2) is 4.98 Å². The lowest BCUT2D eigenvalue weighted by atomic mass is 9.92. The number of hydrogen-bond acceptors (Lipinski definition) is 5. The number of fused-ring (bicyclic) bond motifs is 1. The first-order valence-corrected chi connectivity index (χ1v) is 10.3. The van der Waals surface area contributed by atoms with Crippen molar-refractivity contribution in [3.8, 4) is 0 Å². The molecule has 166 valence electrons. The van der Waals surface area contributed by atoms with Crippen LogP contribution < -0.4 is 4.90 Å². The molecule has 2 amide bonds. The Bertz CT molecular complexity index is 1140. The normalized spacial score (nSPS) is 17.5. The lowest BCUT2D eigenvalue weighted by molar-refractivity contribution is -0.123. The molecule has 10 heteroatoms. The zero-order chi connectivity index (χ0) is 22.7. The average Bonchev–Trinajstić information content (AvgIpc) is 3.54. The van der Waals surface area contributed by atoms with Crippen molar-refractivity contribution in [3.63, 3.8) is 0 Å². The monoisotopic (exact) mass is 436 g/mol. The van der Waals surface area contributed by atoms with Crippen LogP contribution in [0, 0.1) is 0 Å². The largest absolute Gasteiger partial charge is 0.483 e. The first kappa shape index (κ1) is 21.3. The van der Waals surface area contributed by atoms with Gasteiger partial charge in [0.15, 0.2) is 0 Å². The van der Waals surface area contributed by atoms with Gasteiger partial charge in [-0.15, -0.1) is 0 Å². The van der Waals surface area contributed by atoms with Crippen molar-refractivity contribution in [1.29, 1.82) is 0 Å². The number of nitrogens with one attached hydrogen (secondary N) is 1. The Balaban J connectivity index is 0.000000775. The number of hydrogen-bond donors (Lipinski definition) is 2. The lowest BCUT2D eigenvalue weighted by Crippen LogP contribution is -2.38. The fourth-order valence-corrected chi connectivity index (χ4v) is 4.27. The van der Waals surface area contributed by atoms with E-state index < -0.39 is 0 Å². The molecule has 5 rings (SSSR count). The van der Waals surface area contributed by atoms with Crippen molar-refractivity contribution in [1.82, 2.24) is 24.6 Å². The molecule has 0 spiro atoms. The van der Waals surface area contributed by atoms with E-state index in [0.29, 0.717) is 31.6 Å². The molecule has 10 nitrogen and oxygen atoms in total. The highest BCUT2D eigenvalue weighted by molar-refractivity contribution is 5.99. The van der Waals surface area contributed by atoms with Gasteiger partial charge in [0.05, 0.1) is 30.5 Å². The van der Waals surface area contributed by atoms with Crippen molar-refractivity contribution in [2.24, 2.45) is 7.05 Å². The van der Waals surface area contributed by atoms with Gasteiger partial charge < -0.3 is 19.9 Å². The molecule has 0 saturated carbocycles. The maximum Gasteiger partial charge on any atom is 0.290 e. The second-order valence-corrected chi connectivity index (χ2v) is 7.76. The first-order chi connectivity index (χ1) is 15.5. The van der Waals surface area contributed by atoms with Crippen molar-refractivity contribution in [2.75, 3.05) is 18.0 Å². The van der Waals surface area contributed by atoms with Gasteiger partial charge in [0.25, 0.3) is 12.4 Å². The molecule has 0 bridgehead atoms. The molecule has 1 saturated heterocycles. The number of aromatic amines is 1. The van der Waals surface area contributed by atoms with Crippen LogP contribution in [-0.4, -0.2) is 61.1 Å². The van der Waals surface area contributed by atoms with E-state index in [2.05, 4.69) is 15.1 Å². The summed E-state index contributed by atoms with van der Waals surface area (Å²) in [6.07, 6.45) is 6.91. The number of benzene rings is 1. The van der Waals surface area contributed by atoms with Crippen LogP contribution in [0.25, 0.3) is 0 Å². The summed E-state index contributed by atoms with van der Waals surface area (Å²) in [6, 6.07) is 7.38. The molecule has 32 heavy (non-hydrogen) atoms. The van der Waals surface area contributed by atoms with Crippen LogP contribution in [0.3, 0.4) is 0 Å². The Labute approximate surface area is 184 Å². The summed E-state index contributed by atoms with van der Waals surface area (Å²) in [5.74, 6) is 0.0462. The van der Waals surface area contributed by atoms with Crippen LogP contribution in [0.2, 0.25) is 0 Å². The highest BCUT2D eigenvalue weighted by Crippen LogP contribution is 2.32. The number of imidazole rings is 1. The Hall–Kier alpha value is -3.95. The third-order valence-corrected chi connectivity index (χ3v) is 5.73. The van der Waals surface area contributed by atoms with Gasteiger partial charge in [-0.2, -0.15) is 5.10 Å². The quantitative estimate of drug-likeness (QED) is 0.603. The van der Waals surface area contributed by atoms with Crippen molar-refractivity contribution >= 4 is 24.0 Å². The maximum absolute atomic E-state index is 13.3. The average molecular weight is 436 g/mol. The summed E-state index contributed by atoms with van der Waals surface area (Å²) >= 11 is 0. The van der Waals surface area contributed by atoms with Crippen molar-refractivity contribution in [2.45, 2.75) is 25.3 Å². The van der Waals surface area contributed by atoms with Gasteiger partial charge in [0.2, 0.25) is 5.91 Å². The minimum atomic E-state index is -0.250. The number of anilines is 1. The first-order valence-electron chi connectivity index (χ1n) is 10.3. The Morgan fingerprint density at radius 1 is 1.34 bits per heavy atom. The van der Waals surface area contributed by atoms with Gasteiger partial charge in [-0.3, -0.25) is 19.1 Å². The molecule has 2 aromatic heterocycles. The molecule has 1 aromatic carbocycles. The van der Waals surface area contributed by atoms with E-state index >= 15 is 0 Å². The Morgan fingerprint density at radius 2 is 2.16 bits per heavy atom. The second-order valence-electron chi connectivity index (χ2n) is 7.76. The molecule has 2 aliphatic rings. The topological polar surface area (TPSA) is 124 Å². The fraction of sp³-hybridized carbons (Fsp3) is 0.318. The molecule has 1 unspecified atom stereocenters. The van der Waals surface area contributed by atoms with Gasteiger partial charge >= 0.3 is 0 Å². The molecule has 1 fully saturated rings. The van der Waals surface area contributed by atoms with E-state index in [1.807, 2.05) is 48.6 Å². The Morgan fingerprint density at radius 3 is 2.84 bits per heavy atom. The third-order valence-electron chi connectivity index (χ3n) is 5.73. The minimum Gasteiger partial charge on any atom is -0.483 e. The molecule has 2 N–H and O–H groups in total. The van der Waals surface area contributed by atoms with Crippen LogP contribution >= 0.6 is 0 Å². The van der Waals surface area contributed by atoms with Gasteiger partial charge in [0, 0.05) is 55.5 Å². The number of rotatable bonds is 3. The van der Waals surface area contributed by atoms with Gasteiger partial charge in [-0.05, 0) is 24.6 Å². The van der Waals surface area contributed by atoms with E-state index in [0.717, 1.165) is 29.1 Å². The molecule has 2 aliphatic heterocycles. The van der Waals surface area contributed by atoms with E-state index in [-0.39, 0.29) is 24.2 Å². The van der Waals surface area contributed by atoms with Crippen LogP contribution in [0.4, 0.5) is 5.69 Å². The number of carboxylic acid groups (broad SMARTS) is 1. The van der Waals surface area contributed by atoms with Crippen LogP contribution in [-0.2, 0) is 23.2 Å². The summed E-state index contributed by atoms with van der Waals surface area (Å²) in [5.41, 5.74) is 4.34. The van der Waals surface area contributed by atoms with Crippen LogP contribution in [0.5, 0.6) is 0 Å². The van der Waals surface area contributed by atoms with E-state index in [1.54, 1.807) is 15.9 Å². The summed E-state index contributed by atoms with van der Waals surface area (Å²) in [7, 11) is 1.88. The highest BCUT2D eigenvalue weighted by Gasteiger charge is 2.33. The lowest BCUT2D eigenvalue weighted by Gasteiger charge is -2.32. The van der Waals surface area contributed by atoms with Crippen molar-refractivity contribution < 1.29 is 19.5 Å². The highest BCUT2D eigenvalue weighted by atomic mass is 16.3. The smallest absolute Gasteiger partial charge is 0.290 e. The van der Waals surface area contributed by atoms with E-state index in [4.69, 9.17) is 9.90 Å². The molecular formula is C22H24N6O4.